The molecule has 3 rings (SSSR count). The molecule has 2 amide bonds. The molecule has 0 fully saturated rings. The number of anilines is 1. The van der Waals surface area contributed by atoms with E-state index in [1.807, 2.05) is 5.43 Å². The molecule has 1 aromatic carbocycles. The zero-order valence-corrected chi connectivity index (χ0v) is 17.6. The highest BCUT2D eigenvalue weighted by Crippen LogP contribution is 2.31. The van der Waals surface area contributed by atoms with E-state index >= 15 is 0 Å². The normalized spacial score (nSPS) is 11.3. The fourth-order valence-electron chi connectivity index (χ4n) is 2.78. The number of nitrogens with zero attached hydrogens (tertiary/aromatic N) is 2. The van der Waals surface area contributed by atoms with Gasteiger partial charge in [0.15, 0.2) is 0 Å². The Morgan fingerprint density at radius 1 is 1.20 bits per heavy atom. The van der Waals surface area contributed by atoms with Crippen LogP contribution in [0.5, 0.6) is 0 Å². The van der Waals surface area contributed by atoms with E-state index in [-0.39, 0.29) is 16.4 Å². The maximum atomic E-state index is 12.9. The van der Waals surface area contributed by atoms with Gasteiger partial charge in [0, 0.05) is 19.0 Å². The van der Waals surface area contributed by atoms with Gasteiger partial charge in [0.2, 0.25) is 0 Å². The molecule has 158 valence electrons. The van der Waals surface area contributed by atoms with Crippen LogP contribution in [-0.2, 0) is 19.6 Å². The van der Waals surface area contributed by atoms with Crippen molar-refractivity contribution in [3.63, 3.8) is 0 Å². The second kappa shape index (κ2) is 8.16. The standard InChI is InChI=1S/C18H18N4O6S2/c1-3-22(20-16(23)18(25)26)17(24)12-10-11-6-4-7-13(15(11)19-12)21(2)30(27,28)14-8-5-9-29-14/h4-10,19H,3H2,1-2H3,(H,20,23)(H,25,26). The van der Waals surface area contributed by atoms with Gasteiger partial charge in [0.1, 0.15) is 9.90 Å². The lowest BCUT2D eigenvalue weighted by Gasteiger charge is -2.20. The first kappa shape index (κ1) is 21.3. The van der Waals surface area contributed by atoms with Gasteiger partial charge in [0.05, 0.1) is 11.2 Å². The number of aromatic nitrogens is 1. The third-order valence-corrected chi connectivity index (χ3v) is 7.45. The van der Waals surface area contributed by atoms with Crippen LogP contribution in [0.2, 0.25) is 0 Å². The van der Waals surface area contributed by atoms with Gasteiger partial charge in [-0.25, -0.2) is 18.2 Å². The number of carboxylic acids is 1. The molecule has 0 bridgehead atoms. The van der Waals surface area contributed by atoms with E-state index in [0.717, 1.165) is 20.7 Å². The highest BCUT2D eigenvalue weighted by atomic mass is 32.2. The third kappa shape index (κ3) is 3.86. The van der Waals surface area contributed by atoms with Crippen LogP contribution >= 0.6 is 11.3 Å². The van der Waals surface area contributed by atoms with Crippen LogP contribution in [0.15, 0.2) is 46.0 Å². The predicted octanol–water partition coefficient (Wildman–Crippen LogP) is 1.63. The molecule has 0 aliphatic carbocycles. The molecular weight excluding hydrogens is 432 g/mol. The number of para-hydroxylation sites is 1. The summed E-state index contributed by atoms with van der Waals surface area (Å²) in [6, 6.07) is 9.60. The molecule has 2 heterocycles. The fraction of sp³-hybridized carbons (Fsp3) is 0.167. The number of amides is 2. The van der Waals surface area contributed by atoms with Crippen molar-refractivity contribution < 1.29 is 27.9 Å². The number of fused-ring (bicyclic) bond motifs is 1. The van der Waals surface area contributed by atoms with Crippen LogP contribution in [0.25, 0.3) is 10.9 Å². The second-order valence-corrected chi connectivity index (χ2v) is 9.27. The van der Waals surface area contributed by atoms with Crippen LogP contribution in [0.4, 0.5) is 5.69 Å². The summed E-state index contributed by atoms with van der Waals surface area (Å²) in [4.78, 5) is 37.8. The number of carbonyl (C=O) groups is 3. The van der Waals surface area contributed by atoms with Gasteiger partial charge in [-0.05, 0) is 30.5 Å². The third-order valence-electron chi connectivity index (χ3n) is 4.31. The van der Waals surface area contributed by atoms with Crippen molar-refractivity contribution in [1.29, 1.82) is 0 Å². The summed E-state index contributed by atoms with van der Waals surface area (Å²) in [7, 11) is -2.37. The van der Waals surface area contributed by atoms with Crippen molar-refractivity contribution >= 4 is 55.7 Å². The molecule has 0 aliphatic rings. The van der Waals surface area contributed by atoms with Gasteiger partial charge >= 0.3 is 11.9 Å². The fourth-order valence-corrected chi connectivity index (χ4v) is 5.15. The Hall–Kier alpha value is -3.38. The lowest BCUT2D eigenvalue weighted by Crippen LogP contribution is -2.48. The van der Waals surface area contributed by atoms with E-state index in [2.05, 4.69) is 4.98 Å². The molecule has 2 aromatic heterocycles. The first-order valence-corrected chi connectivity index (χ1v) is 11.0. The zero-order valence-electron chi connectivity index (χ0n) is 15.9. The summed E-state index contributed by atoms with van der Waals surface area (Å²) in [5.74, 6) is -3.73. The summed E-state index contributed by atoms with van der Waals surface area (Å²) < 4.78 is 27.0. The highest BCUT2D eigenvalue weighted by Gasteiger charge is 2.26. The van der Waals surface area contributed by atoms with Crippen LogP contribution in [-0.4, -0.2) is 54.9 Å². The molecule has 0 aliphatic heterocycles. The monoisotopic (exact) mass is 450 g/mol. The molecule has 0 spiro atoms. The molecule has 3 N–H and O–H groups in total. The molecule has 12 heteroatoms. The maximum absolute atomic E-state index is 12.9. The van der Waals surface area contributed by atoms with E-state index in [9.17, 15) is 22.8 Å². The van der Waals surface area contributed by atoms with Gasteiger partial charge in [-0.3, -0.25) is 19.3 Å². The van der Waals surface area contributed by atoms with E-state index in [4.69, 9.17) is 5.11 Å². The minimum Gasteiger partial charge on any atom is -0.474 e. The quantitative estimate of drug-likeness (QED) is 0.399. The van der Waals surface area contributed by atoms with Gasteiger partial charge in [-0.1, -0.05) is 18.2 Å². The Labute approximate surface area is 175 Å². The van der Waals surface area contributed by atoms with Crippen molar-refractivity contribution in [3.05, 3.63) is 47.5 Å². The van der Waals surface area contributed by atoms with Crippen molar-refractivity contribution in [2.75, 3.05) is 17.9 Å². The van der Waals surface area contributed by atoms with Crippen LogP contribution < -0.4 is 9.73 Å². The average Bonchev–Trinajstić information content (AvgIpc) is 3.40. The van der Waals surface area contributed by atoms with E-state index < -0.39 is 27.8 Å². The largest absolute Gasteiger partial charge is 0.474 e. The number of sulfonamides is 1. The molecule has 3 aromatic rings. The van der Waals surface area contributed by atoms with Gasteiger partial charge in [-0.15, -0.1) is 11.3 Å². The maximum Gasteiger partial charge on any atom is 0.396 e. The number of rotatable bonds is 5. The summed E-state index contributed by atoms with van der Waals surface area (Å²) in [5.41, 5.74) is 2.81. The summed E-state index contributed by atoms with van der Waals surface area (Å²) in [6.45, 7) is 1.59. The van der Waals surface area contributed by atoms with Crippen molar-refractivity contribution in [3.8, 4) is 0 Å². The molecule has 0 radical (unpaired) electrons. The Kier molecular flexibility index (Phi) is 5.80. The number of hydrogen-bond donors (Lipinski definition) is 3. The van der Waals surface area contributed by atoms with Gasteiger partial charge in [0.25, 0.3) is 15.9 Å². The number of carbonyl (C=O) groups excluding carboxylic acids is 2. The van der Waals surface area contributed by atoms with E-state index in [0.29, 0.717) is 16.6 Å². The van der Waals surface area contributed by atoms with E-state index in [1.54, 1.807) is 36.6 Å². The molecule has 0 saturated carbocycles. The first-order chi connectivity index (χ1) is 14.2. The first-order valence-electron chi connectivity index (χ1n) is 8.66. The number of aromatic amines is 1. The summed E-state index contributed by atoms with van der Waals surface area (Å²) in [6.07, 6.45) is 0. The lowest BCUT2D eigenvalue weighted by molar-refractivity contribution is -0.152. The number of carboxylic acid groups (broad SMARTS) is 1. The average molecular weight is 450 g/mol. The highest BCUT2D eigenvalue weighted by molar-refractivity contribution is 7.94. The molecular formula is C18H18N4O6S2. The minimum absolute atomic E-state index is 0.0206. The van der Waals surface area contributed by atoms with E-state index in [1.165, 1.54) is 19.2 Å². The van der Waals surface area contributed by atoms with Crippen LogP contribution in [0.3, 0.4) is 0 Å². The summed E-state index contributed by atoms with van der Waals surface area (Å²) >= 11 is 1.09. The second-order valence-electron chi connectivity index (χ2n) is 6.12. The Bertz CT molecular complexity index is 1220. The van der Waals surface area contributed by atoms with Crippen LogP contribution in [0.1, 0.15) is 17.4 Å². The van der Waals surface area contributed by atoms with Crippen molar-refractivity contribution in [1.82, 2.24) is 15.4 Å². The molecule has 0 atom stereocenters. The number of hydrazine groups is 1. The Balaban J connectivity index is 1.99. The smallest absolute Gasteiger partial charge is 0.396 e. The number of H-pyrrole nitrogens is 1. The van der Waals surface area contributed by atoms with Crippen LogP contribution in [0, 0.1) is 0 Å². The number of benzene rings is 1. The lowest BCUT2D eigenvalue weighted by atomic mass is 10.2. The Morgan fingerprint density at radius 2 is 1.93 bits per heavy atom. The van der Waals surface area contributed by atoms with Crippen molar-refractivity contribution in [2.24, 2.45) is 0 Å². The van der Waals surface area contributed by atoms with Gasteiger partial charge < -0.3 is 10.1 Å². The number of hydrogen-bond acceptors (Lipinski definition) is 6. The topological polar surface area (TPSA) is 140 Å². The molecule has 30 heavy (non-hydrogen) atoms. The molecule has 0 unspecified atom stereocenters. The number of nitrogens with one attached hydrogen (secondary N) is 2. The number of aliphatic carboxylic acids is 1. The Morgan fingerprint density at radius 3 is 2.53 bits per heavy atom. The minimum atomic E-state index is -3.78. The van der Waals surface area contributed by atoms with Crippen molar-refractivity contribution in [2.45, 2.75) is 11.1 Å². The SMILES string of the molecule is CCN(NC(=O)C(=O)O)C(=O)c1cc2cccc(N(C)S(=O)(=O)c3cccs3)c2[nH]1. The zero-order chi connectivity index (χ0) is 22.1. The van der Waals surface area contributed by atoms with Gasteiger partial charge in [-0.2, -0.15) is 0 Å². The summed E-state index contributed by atoms with van der Waals surface area (Å²) in [5, 5.41) is 11.8. The predicted molar refractivity (Wildman–Crippen MR) is 111 cm³/mol. The molecule has 10 nitrogen and oxygen atoms in total. The molecule has 0 saturated heterocycles. The number of thiophene rings is 1.